The Hall–Kier alpha value is -3.87. The molecule has 0 unspecified atom stereocenters. The molecule has 1 aromatic heterocycles. The van der Waals surface area contributed by atoms with Crippen molar-refractivity contribution in [1.82, 2.24) is 20.2 Å². The molecule has 0 fully saturated rings. The summed E-state index contributed by atoms with van der Waals surface area (Å²) in [6.45, 7) is 0. The number of nitrogens with zero attached hydrogens (tertiary/aromatic N) is 4. The second-order valence-electron chi connectivity index (χ2n) is 5.96. The van der Waals surface area contributed by atoms with Crippen molar-refractivity contribution in [1.29, 1.82) is 0 Å². The molecule has 0 bridgehead atoms. The third-order valence-corrected chi connectivity index (χ3v) is 6.22. The van der Waals surface area contributed by atoms with E-state index >= 15 is 0 Å². The van der Waals surface area contributed by atoms with Gasteiger partial charge in [-0.25, -0.2) is 45.1 Å². The topological polar surface area (TPSA) is 156 Å². The van der Waals surface area contributed by atoms with E-state index < -0.39 is 91.1 Å². The van der Waals surface area contributed by atoms with Crippen molar-refractivity contribution in [2.45, 2.75) is 10.1 Å². The summed E-state index contributed by atoms with van der Waals surface area (Å²) in [7, 11) is -0.222. The third-order valence-electron chi connectivity index (χ3n) is 4.01. The number of aromatic nitrogens is 4. The van der Waals surface area contributed by atoms with Crippen LogP contribution in [0, 0.1) is 40.7 Å². The maximum atomic E-state index is 14.8. The zero-order valence-corrected chi connectivity index (χ0v) is 17.5. The van der Waals surface area contributed by atoms with Crippen LogP contribution in [0.4, 0.5) is 30.7 Å². The molecule has 0 atom stereocenters. The van der Waals surface area contributed by atoms with Crippen LogP contribution >= 0.6 is 21.6 Å². The van der Waals surface area contributed by atoms with Crippen LogP contribution in [-0.4, -0.2) is 53.4 Å². The molecular formula is C16H3F7N4O6S2. The van der Waals surface area contributed by atoms with Gasteiger partial charge in [0.15, 0.2) is 40.7 Å². The lowest BCUT2D eigenvalue weighted by molar-refractivity contribution is 0.0641. The molecule has 1 heterocycles. The first-order valence-corrected chi connectivity index (χ1v) is 10.4. The number of carboxylic acid groups (broad SMARTS) is 3. The average Bonchev–Trinajstić information content (AvgIpc) is 3.22. The van der Waals surface area contributed by atoms with Gasteiger partial charge in [-0.2, -0.15) is 4.68 Å². The molecule has 3 aromatic rings. The van der Waals surface area contributed by atoms with Crippen LogP contribution in [0.1, 0.15) is 31.1 Å². The zero-order chi connectivity index (χ0) is 26.4. The van der Waals surface area contributed by atoms with Gasteiger partial charge in [0, 0.05) is 0 Å². The molecule has 0 spiro atoms. The van der Waals surface area contributed by atoms with Crippen molar-refractivity contribution in [3.8, 4) is 5.69 Å². The molecule has 2 aromatic carbocycles. The highest BCUT2D eigenvalue weighted by molar-refractivity contribution is 8.76. The van der Waals surface area contributed by atoms with Gasteiger partial charge in [-0.15, -0.1) is 5.10 Å². The standard InChI is InChI=1S/C16H3F7N4O6S2/c17-4-1(13(28)29)2(14(30)31)7(20)11(8(4)21)27-16(24-25-26-27)35-34-12-9(22)5(18)3(15(32)33)6(19)10(12)23/h(H,28,29)(H,30,31)(H,32,33). The van der Waals surface area contributed by atoms with Gasteiger partial charge in [-0.3, -0.25) is 0 Å². The molecule has 0 aliphatic rings. The molecular weight excluding hydrogens is 541 g/mol. The highest BCUT2D eigenvalue weighted by Crippen LogP contribution is 2.42. The number of tetrazole rings is 1. The minimum absolute atomic E-state index is 0.0162. The molecule has 35 heavy (non-hydrogen) atoms. The molecule has 0 saturated carbocycles. The minimum Gasteiger partial charge on any atom is -0.478 e. The Kier molecular flexibility index (Phi) is 6.92. The summed E-state index contributed by atoms with van der Waals surface area (Å²) in [4.78, 5) is 31.7. The second-order valence-corrected chi connectivity index (χ2v) is 8.06. The minimum atomic E-state index is -2.33. The highest BCUT2D eigenvalue weighted by atomic mass is 33.1. The number of hydrogen-bond acceptors (Lipinski definition) is 8. The van der Waals surface area contributed by atoms with Crippen molar-refractivity contribution in [2.24, 2.45) is 0 Å². The summed E-state index contributed by atoms with van der Waals surface area (Å²) in [5, 5.41) is 35.0. The number of aromatic carboxylic acids is 3. The van der Waals surface area contributed by atoms with Gasteiger partial charge in [0.05, 0.1) is 4.90 Å². The molecule has 0 saturated heterocycles. The van der Waals surface area contributed by atoms with Crippen LogP contribution in [0.15, 0.2) is 10.1 Å². The van der Waals surface area contributed by atoms with Crippen LogP contribution < -0.4 is 0 Å². The van der Waals surface area contributed by atoms with Gasteiger partial charge in [-0.1, -0.05) is 0 Å². The monoisotopic (exact) mass is 544 g/mol. The van der Waals surface area contributed by atoms with Gasteiger partial charge in [0.1, 0.15) is 22.4 Å². The molecule has 10 nitrogen and oxygen atoms in total. The van der Waals surface area contributed by atoms with Gasteiger partial charge in [-0.05, 0) is 32.0 Å². The number of benzene rings is 2. The zero-order valence-electron chi connectivity index (χ0n) is 15.8. The Bertz CT molecular complexity index is 1410. The molecule has 19 heteroatoms. The van der Waals surface area contributed by atoms with Gasteiger partial charge in [0.2, 0.25) is 5.16 Å². The maximum Gasteiger partial charge on any atom is 0.341 e. The van der Waals surface area contributed by atoms with Crippen LogP contribution in [0.25, 0.3) is 5.69 Å². The van der Waals surface area contributed by atoms with Crippen molar-refractivity contribution < 1.29 is 60.4 Å². The molecule has 184 valence electrons. The van der Waals surface area contributed by atoms with E-state index in [0.29, 0.717) is 0 Å². The fourth-order valence-electron chi connectivity index (χ4n) is 2.56. The second kappa shape index (κ2) is 9.41. The van der Waals surface area contributed by atoms with E-state index in [1.807, 2.05) is 0 Å². The summed E-state index contributed by atoms with van der Waals surface area (Å²) < 4.78 is 99.5. The lowest BCUT2D eigenvalue weighted by Gasteiger charge is -2.12. The number of rotatable bonds is 7. The van der Waals surface area contributed by atoms with E-state index in [1.54, 1.807) is 0 Å². The van der Waals surface area contributed by atoms with Crippen molar-refractivity contribution >= 4 is 39.5 Å². The van der Waals surface area contributed by atoms with E-state index in [0.717, 1.165) is 0 Å². The van der Waals surface area contributed by atoms with Crippen molar-refractivity contribution in [3.63, 3.8) is 0 Å². The fourth-order valence-corrected chi connectivity index (χ4v) is 4.53. The smallest absolute Gasteiger partial charge is 0.341 e. The largest absolute Gasteiger partial charge is 0.478 e. The number of carbonyl (C=O) groups is 3. The predicted octanol–water partition coefficient (Wildman–Crippen LogP) is 3.53. The number of hydrogen-bond donors (Lipinski definition) is 3. The third kappa shape index (κ3) is 4.22. The van der Waals surface area contributed by atoms with Gasteiger partial charge >= 0.3 is 17.9 Å². The Morgan fingerprint density at radius 3 is 1.57 bits per heavy atom. The first kappa shape index (κ1) is 25.7. The van der Waals surface area contributed by atoms with Gasteiger partial charge in [0.25, 0.3) is 0 Å². The molecule has 0 aliphatic heterocycles. The normalized spacial score (nSPS) is 11.1. The molecule has 3 N–H and O–H groups in total. The van der Waals surface area contributed by atoms with E-state index in [2.05, 4.69) is 15.5 Å². The predicted molar refractivity (Wildman–Crippen MR) is 97.9 cm³/mol. The van der Waals surface area contributed by atoms with E-state index in [4.69, 9.17) is 15.3 Å². The van der Waals surface area contributed by atoms with Crippen LogP contribution in [-0.2, 0) is 0 Å². The number of halogens is 7. The number of carboxylic acids is 3. The van der Waals surface area contributed by atoms with Crippen LogP contribution in [0.2, 0.25) is 0 Å². The fraction of sp³-hybridized carbons (Fsp3) is 0. The van der Waals surface area contributed by atoms with Crippen LogP contribution in [0.5, 0.6) is 0 Å². The Labute approximate surface area is 193 Å². The molecule has 3 rings (SSSR count). The quantitative estimate of drug-likeness (QED) is 0.227. The summed E-state index contributed by atoms with van der Waals surface area (Å²) in [6, 6.07) is 0. The van der Waals surface area contributed by atoms with E-state index in [1.165, 1.54) is 0 Å². The lowest BCUT2D eigenvalue weighted by Crippen LogP contribution is -2.19. The van der Waals surface area contributed by atoms with Crippen molar-refractivity contribution in [3.05, 3.63) is 57.4 Å². The summed E-state index contributed by atoms with van der Waals surface area (Å²) in [5.74, 6) is -22.5. The van der Waals surface area contributed by atoms with E-state index in [-0.39, 0.29) is 26.3 Å². The Morgan fingerprint density at radius 2 is 1.09 bits per heavy atom. The Balaban J connectivity index is 2.12. The SMILES string of the molecule is O=C(O)c1c(F)c(F)c(SSc2nnnn2-c2c(F)c(F)c(C(=O)O)c(C(=O)O)c2F)c(F)c1F. The maximum absolute atomic E-state index is 14.8. The summed E-state index contributed by atoms with van der Waals surface area (Å²) in [6.07, 6.45) is 0. The lowest BCUT2D eigenvalue weighted by atomic mass is 10.0. The molecule has 0 radical (unpaired) electrons. The molecule has 0 amide bonds. The van der Waals surface area contributed by atoms with Gasteiger partial charge < -0.3 is 15.3 Å². The average molecular weight is 544 g/mol. The first-order valence-electron chi connectivity index (χ1n) is 8.20. The first-order chi connectivity index (χ1) is 16.3. The van der Waals surface area contributed by atoms with Crippen molar-refractivity contribution in [2.75, 3.05) is 0 Å². The summed E-state index contributed by atoms with van der Waals surface area (Å²) in [5.41, 5.74) is -7.24. The highest BCUT2D eigenvalue weighted by Gasteiger charge is 2.35. The summed E-state index contributed by atoms with van der Waals surface area (Å²) >= 11 is 0. The molecule has 0 aliphatic carbocycles. The Morgan fingerprint density at radius 1 is 0.629 bits per heavy atom. The van der Waals surface area contributed by atoms with E-state index in [9.17, 15) is 45.1 Å². The van der Waals surface area contributed by atoms with Crippen LogP contribution in [0.3, 0.4) is 0 Å².